The predicted octanol–water partition coefficient (Wildman–Crippen LogP) is 1.73. The van der Waals surface area contributed by atoms with E-state index in [2.05, 4.69) is 10.5 Å². The Hall–Kier alpha value is -1.46. The van der Waals surface area contributed by atoms with E-state index in [9.17, 15) is 4.79 Å². The smallest absolute Gasteiger partial charge is 0.317 e. The third-order valence-electron chi connectivity index (χ3n) is 3.72. The Labute approximate surface area is 115 Å². The summed E-state index contributed by atoms with van der Waals surface area (Å²) in [5.41, 5.74) is 5.55. The van der Waals surface area contributed by atoms with E-state index >= 15 is 0 Å². The molecule has 1 aliphatic rings. The lowest BCUT2D eigenvalue weighted by Gasteiger charge is -2.29. The second-order valence-corrected chi connectivity index (χ2v) is 5.25. The Balaban J connectivity index is 2.46. The lowest BCUT2D eigenvalue weighted by atomic mass is 9.96. The number of carbonyl (C=O) groups excluding carboxylic acids is 1. The van der Waals surface area contributed by atoms with E-state index in [0.717, 1.165) is 12.8 Å². The third kappa shape index (κ3) is 4.96. The maximum atomic E-state index is 12.2. The highest BCUT2D eigenvalue weighted by atomic mass is 16.4. The van der Waals surface area contributed by atoms with Crippen LogP contribution in [0.1, 0.15) is 46.0 Å². The largest absolute Gasteiger partial charge is 0.409 e. The number of amidine groups is 1. The highest BCUT2D eigenvalue weighted by Crippen LogP contribution is 2.17. The molecule has 0 aromatic heterocycles. The quantitative estimate of drug-likeness (QED) is 0.307. The van der Waals surface area contributed by atoms with E-state index < -0.39 is 0 Å². The fourth-order valence-electron chi connectivity index (χ4n) is 2.39. The van der Waals surface area contributed by atoms with Gasteiger partial charge in [0, 0.05) is 25.0 Å². The Kier molecular flexibility index (Phi) is 6.45. The fourth-order valence-corrected chi connectivity index (χ4v) is 2.39. The molecule has 0 radical (unpaired) electrons. The highest BCUT2D eigenvalue weighted by Gasteiger charge is 2.21. The van der Waals surface area contributed by atoms with Crippen molar-refractivity contribution in [3.05, 3.63) is 0 Å². The first kappa shape index (κ1) is 15.6. The zero-order valence-electron chi connectivity index (χ0n) is 11.9. The van der Waals surface area contributed by atoms with E-state index in [0.29, 0.717) is 19.1 Å². The van der Waals surface area contributed by atoms with E-state index in [1.54, 1.807) is 4.90 Å². The Morgan fingerprint density at radius 2 is 2.11 bits per heavy atom. The van der Waals surface area contributed by atoms with Crippen LogP contribution in [0.4, 0.5) is 4.79 Å². The lowest BCUT2D eigenvalue weighted by Crippen LogP contribution is -2.48. The van der Waals surface area contributed by atoms with Crippen molar-refractivity contribution in [1.29, 1.82) is 0 Å². The number of nitrogens with one attached hydrogen (secondary N) is 1. The first-order valence-electron chi connectivity index (χ1n) is 7.11. The van der Waals surface area contributed by atoms with Crippen molar-refractivity contribution < 1.29 is 10.0 Å². The van der Waals surface area contributed by atoms with Gasteiger partial charge >= 0.3 is 6.03 Å². The number of nitrogens with two attached hydrogens (primary N) is 1. The number of nitrogens with zero attached hydrogens (tertiary/aromatic N) is 2. The Bertz CT molecular complexity index is 314. The van der Waals surface area contributed by atoms with Crippen LogP contribution >= 0.6 is 0 Å². The molecule has 4 N–H and O–H groups in total. The molecule has 1 fully saturated rings. The third-order valence-corrected chi connectivity index (χ3v) is 3.72. The first-order chi connectivity index (χ1) is 9.08. The van der Waals surface area contributed by atoms with Crippen molar-refractivity contribution >= 4 is 11.9 Å². The van der Waals surface area contributed by atoms with Crippen LogP contribution in [-0.2, 0) is 0 Å². The van der Waals surface area contributed by atoms with Crippen LogP contribution in [0.2, 0.25) is 0 Å². The number of oxime groups is 1. The molecule has 19 heavy (non-hydrogen) atoms. The van der Waals surface area contributed by atoms with E-state index in [1.807, 2.05) is 13.8 Å². The zero-order chi connectivity index (χ0) is 14.3. The summed E-state index contributed by atoms with van der Waals surface area (Å²) in [6.45, 7) is 4.84. The Morgan fingerprint density at radius 1 is 1.47 bits per heavy atom. The average molecular weight is 270 g/mol. The van der Waals surface area contributed by atoms with Gasteiger partial charge in [-0.2, -0.15) is 0 Å². The molecule has 0 aromatic rings. The van der Waals surface area contributed by atoms with E-state index in [-0.39, 0.29) is 17.8 Å². The number of urea groups is 1. The summed E-state index contributed by atoms with van der Waals surface area (Å²) in [6, 6.07) is 0.251. The van der Waals surface area contributed by atoms with Crippen LogP contribution in [-0.4, -0.2) is 41.1 Å². The molecule has 0 aromatic carbocycles. The maximum Gasteiger partial charge on any atom is 0.317 e. The molecule has 1 aliphatic carbocycles. The van der Waals surface area contributed by atoms with Gasteiger partial charge < -0.3 is 21.2 Å². The summed E-state index contributed by atoms with van der Waals surface area (Å²) < 4.78 is 0. The standard InChI is InChI=1S/C13H26N4O2/c1-3-17(9-10(2)12(14)16-19)13(18)15-11-7-5-4-6-8-11/h10-11,19H,3-9H2,1-2H3,(H2,14,16)(H,15,18). The van der Waals surface area contributed by atoms with Crippen LogP contribution in [0.15, 0.2) is 5.16 Å². The number of amides is 2. The van der Waals surface area contributed by atoms with Crippen molar-refractivity contribution in [3.63, 3.8) is 0 Å². The molecule has 6 heteroatoms. The molecule has 0 aliphatic heterocycles. The van der Waals surface area contributed by atoms with Gasteiger partial charge in [-0.1, -0.05) is 31.3 Å². The highest BCUT2D eigenvalue weighted by molar-refractivity contribution is 5.83. The molecule has 0 saturated heterocycles. The average Bonchev–Trinajstić information content (AvgIpc) is 2.44. The molecule has 6 nitrogen and oxygen atoms in total. The van der Waals surface area contributed by atoms with Gasteiger partial charge in [0.05, 0.1) is 0 Å². The molecule has 1 rings (SSSR count). The SMILES string of the molecule is CCN(CC(C)/C(N)=N/O)C(=O)NC1CCCCC1. The molecule has 1 unspecified atom stereocenters. The molecule has 0 spiro atoms. The summed E-state index contributed by atoms with van der Waals surface area (Å²) in [7, 11) is 0. The van der Waals surface area contributed by atoms with Crippen LogP contribution in [0, 0.1) is 5.92 Å². The van der Waals surface area contributed by atoms with Gasteiger partial charge in [-0.15, -0.1) is 0 Å². The molecule has 1 saturated carbocycles. The summed E-state index contributed by atoms with van der Waals surface area (Å²) in [6.07, 6.45) is 5.79. The van der Waals surface area contributed by atoms with Gasteiger partial charge in [-0.3, -0.25) is 0 Å². The number of hydrogen-bond donors (Lipinski definition) is 3. The topological polar surface area (TPSA) is 90.9 Å². The second-order valence-electron chi connectivity index (χ2n) is 5.25. The summed E-state index contributed by atoms with van der Waals surface area (Å²) >= 11 is 0. The summed E-state index contributed by atoms with van der Waals surface area (Å²) in [5.74, 6) is 0.00553. The molecule has 1 atom stereocenters. The first-order valence-corrected chi connectivity index (χ1v) is 7.11. The predicted molar refractivity (Wildman–Crippen MR) is 75.2 cm³/mol. The van der Waals surface area contributed by atoms with Gasteiger partial charge in [0.15, 0.2) is 0 Å². The van der Waals surface area contributed by atoms with Crippen LogP contribution in [0.5, 0.6) is 0 Å². The summed E-state index contributed by atoms with van der Waals surface area (Å²) in [5, 5.41) is 14.7. The minimum atomic E-state index is -0.151. The number of rotatable bonds is 5. The van der Waals surface area contributed by atoms with Crippen molar-refractivity contribution in [3.8, 4) is 0 Å². The van der Waals surface area contributed by atoms with Crippen molar-refractivity contribution in [1.82, 2.24) is 10.2 Å². The minimum absolute atomic E-state index is 0.0491. The monoisotopic (exact) mass is 270 g/mol. The minimum Gasteiger partial charge on any atom is -0.409 e. The molecule has 0 heterocycles. The van der Waals surface area contributed by atoms with Crippen molar-refractivity contribution in [2.75, 3.05) is 13.1 Å². The van der Waals surface area contributed by atoms with E-state index in [4.69, 9.17) is 10.9 Å². The van der Waals surface area contributed by atoms with Gasteiger partial charge in [-0.25, -0.2) is 4.79 Å². The summed E-state index contributed by atoms with van der Waals surface area (Å²) in [4.78, 5) is 13.9. The fraction of sp³-hybridized carbons (Fsp3) is 0.846. The number of carbonyl (C=O) groups is 1. The van der Waals surface area contributed by atoms with Crippen LogP contribution in [0.3, 0.4) is 0 Å². The van der Waals surface area contributed by atoms with E-state index in [1.165, 1.54) is 19.3 Å². The zero-order valence-corrected chi connectivity index (χ0v) is 11.9. The van der Waals surface area contributed by atoms with Gasteiger partial charge in [-0.05, 0) is 19.8 Å². The van der Waals surface area contributed by atoms with Crippen molar-refractivity contribution in [2.24, 2.45) is 16.8 Å². The molecule has 0 bridgehead atoms. The van der Waals surface area contributed by atoms with Crippen LogP contribution < -0.4 is 11.1 Å². The van der Waals surface area contributed by atoms with Crippen LogP contribution in [0.25, 0.3) is 0 Å². The van der Waals surface area contributed by atoms with Gasteiger partial charge in [0.2, 0.25) is 0 Å². The maximum absolute atomic E-state index is 12.2. The van der Waals surface area contributed by atoms with Gasteiger partial charge in [0.25, 0.3) is 0 Å². The molecule has 2 amide bonds. The normalized spacial score (nSPS) is 18.9. The second kappa shape index (κ2) is 7.86. The van der Waals surface area contributed by atoms with Gasteiger partial charge in [0.1, 0.15) is 5.84 Å². The number of hydrogen-bond acceptors (Lipinski definition) is 3. The Morgan fingerprint density at radius 3 is 2.63 bits per heavy atom. The molecular weight excluding hydrogens is 244 g/mol. The molecular formula is C13H26N4O2. The van der Waals surface area contributed by atoms with Crippen molar-refractivity contribution in [2.45, 2.75) is 52.0 Å². The lowest BCUT2D eigenvalue weighted by molar-refractivity contribution is 0.189. The molecule has 110 valence electrons.